The summed E-state index contributed by atoms with van der Waals surface area (Å²) in [5, 5.41) is 37.2. The Balaban J connectivity index is 0.629. The van der Waals surface area contributed by atoms with Crippen molar-refractivity contribution in [1.82, 2.24) is 50.6 Å². The van der Waals surface area contributed by atoms with Gasteiger partial charge in [-0.3, -0.25) is 14.4 Å². The standard InChI is InChI=1S/C56H67N11O5S/c1-32-49(73-31-60-32)37-12-10-34(11-13-37)27-57-52(71)45-21-40(68)30-67(45)53(72)50(55(3,4)5)62-47(70)20-35-23-56(24-35)25-39(26-56)65-17-14-36(15-18-65)38-28-58-54(59-29-38)66-19-16-43-48(33(66)2)42-22-44(63-64-51(42)61-43)41-8-6-7-9-46(41)69/h6-13,22,28-29,31,33,35-36,39-40,45,50,68-69H,14-21,23-27,30H2,1-5H3,(H,57,71)(H,61,64)(H,62,70)/t33-,35-,39-,40-,45+,50-,56?/m1/s1. The van der Waals surface area contributed by atoms with Crippen molar-refractivity contribution in [2.75, 3.05) is 31.1 Å². The molecule has 11 rings (SSSR count). The number of phenolic OH excluding ortho intramolecular Hbond substituents is 1. The highest BCUT2D eigenvalue weighted by atomic mass is 32.1. The molecule has 0 bridgehead atoms. The summed E-state index contributed by atoms with van der Waals surface area (Å²) in [5.74, 6) is 0.826. The second-order valence-electron chi connectivity index (χ2n) is 22.8. The van der Waals surface area contributed by atoms with Gasteiger partial charge in [0, 0.05) is 79.5 Å². The Morgan fingerprint density at radius 2 is 1.70 bits per heavy atom. The number of H-pyrrole nitrogens is 1. The lowest BCUT2D eigenvalue weighted by molar-refractivity contribution is -0.145. The topological polar surface area (TPSA) is 206 Å². The van der Waals surface area contributed by atoms with Gasteiger partial charge in [-0.1, -0.05) is 57.2 Å². The van der Waals surface area contributed by atoms with E-state index < -0.39 is 23.6 Å². The third kappa shape index (κ3) is 9.71. The van der Waals surface area contributed by atoms with Crippen molar-refractivity contribution in [1.29, 1.82) is 0 Å². The number of aliphatic hydroxyl groups excluding tert-OH is 1. The van der Waals surface area contributed by atoms with Gasteiger partial charge < -0.3 is 40.5 Å². The molecule has 4 aromatic heterocycles. The number of aryl methyl sites for hydroxylation is 1. The second-order valence-corrected chi connectivity index (χ2v) is 23.6. The van der Waals surface area contributed by atoms with Gasteiger partial charge in [-0.15, -0.1) is 21.5 Å². The van der Waals surface area contributed by atoms with Gasteiger partial charge in [0.25, 0.3) is 0 Å². The maximum absolute atomic E-state index is 14.2. The predicted octanol–water partition coefficient (Wildman–Crippen LogP) is 7.61. The number of hydrogen-bond donors (Lipinski definition) is 5. The zero-order valence-electron chi connectivity index (χ0n) is 42.5. The molecule has 2 saturated carbocycles. The quantitative estimate of drug-likeness (QED) is 0.0804. The van der Waals surface area contributed by atoms with Gasteiger partial charge in [0.2, 0.25) is 23.7 Å². The number of likely N-dealkylation sites (tertiary alicyclic amines) is 2. The van der Waals surface area contributed by atoms with Crippen LogP contribution in [0.5, 0.6) is 5.75 Å². The molecule has 5 aliphatic rings. The summed E-state index contributed by atoms with van der Waals surface area (Å²) in [6.45, 7) is 13.2. The van der Waals surface area contributed by atoms with Crippen molar-refractivity contribution in [3.8, 4) is 27.4 Å². The number of aromatic nitrogens is 6. The van der Waals surface area contributed by atoms with Crippen molar-refractivity contribution >= 4 is 46.0 Å². The van der Waals surface area contributed by atoms with Crippen LogP contribution in [0.4, 0.5) is 5.95 Å². The summed E-state index contributed by atoms with van der Waals surface area (Å²) < 4.78 is 0. The molecule has 2 saturated heterocycles. The van der Waals surface area contributed by atoms with Crippen LogP contribution in [-0.4, -0.2) is 118 Å². The molecule has 0 unspecified atom stereocenters. The first-order chi connectivity index (χ1) is 35.1. The Morgan fingerprint density at radius 3 is 2.40 bits per heavy atom. The molecule has 4 fully saturated rings. The Kier molecular flexibility index (Phi) is 13.1. The van der Waals surface area contributed by atoms with Crippen LogP contribution in [0.3, 0.4) is 0 Å². The highest BCUT2D eigenvalue weighted by Crippen LogP contribution is 2.61. The van der Waals surface area contributed by atoms with Gasteiger partial charge in [-0.25, -0.2) is 15.0 Å². The van der Waals surface area contributed by atoms with E-state index in [4.69, 9.17) is 9.97 Å². The van der Waals surface area contributed by atoms with E-state index in [-0.39, 0.29) is 48.4 Å². The van der Waals surface area contributed by atoms with Gasteiger partial charge in [0.15, 0.2) is 5.65 Å². The van der Waals surface area contributed by atoms with E-state index >= 15 is 0 Å². The number of aliphatic hydroxyl groups is 1. The van der Waals surface area contributed by atoms with E-state index in [2.05, 4.69) is 47.5 Å². The molecule has 17 heteroatoms. The summed E-state index contributed by atoms with van der Waals surface area (Å²) in [4.78, 5) is 66.7. The molecule has 0 radical (unpaired) electrons. The number of nitrogens with one attached hydrogen (secondary N) is 3. The summed E-state index contributed by atoms with van der Waals surface area (Å²) in [5.41, 5.74) is 10.1. The number of carbonyl (C=O) groups excluding carboxylic acids is 3. The number of amides is 3. The molecule has 3 aliphatic heterocycles. The lowest BCUT2D eigenvalue weighted by atomic mass is 9.49. The molecule has 4 atom stereocenters. The number of para-hydroxylation sites is 1. The Labute approximate surface area is 430 Å². The highest BCUT2D eigenvalue weighted by Gasteiger charge is 2.55. The van der Waals surface area contributed by atoms with Gasteiger partial charge in [0.05, 0.1) is 33.9 Å². The first kappa shape index (κ1) is 48.9. The first-order valence-corrected chi connectivity index (χ1v) is 27.0. The Bertz CT molecular complexity index is 3000. The average molecular weight is 1010 g/mol. The van der Waals surface area contributed by atoms with E-state index in [9.17, 15) is 24.6 Å². The maximum atomic E-state index is 14.2. The zero-order valence-corrected chi connectivity index (χ0v) is 43.3. The number of rotatable bonds is 12. The van der Waals surface area contributed by atoms with Crippen molar-refractivity contribution in [2.24, 2.45) is 16.7 Å². The molecular weight excluding hydrogens is 939 g/mol. The van der Waals surface area contributed by atoms with Gasteiger partial charge in [0.1, 0.15) is 17.8 Å². The highest BCUT2D eigenvalue weighted by molar-refractivity contribution is 7.13. The minimum absolute atomic E-state index is 0.0203. The van der Waals surface area contributed by atoms with Gasteiger partial charge >= 0.3 is 0 Å². The fourth-order valence-corrected chi connectivity index (χ4v) is 13.6. The van der Waals surface area contributed by atoms with Crippen LogP contribution in [0.25, 0.3) is 32.7 Å². The van der Waals surface area contributed by atoms with Crippen LogP contribution >= 0.6 is 11.3 Å². The molecule has 1 spiro atoms. The van der Waals surface area contributed by atoms with Crippen molar-refractivity contribution in [3.63, 3.8) is 0 Å². The third-order valence-electron chi connectivity index (χ3n) is 16.7. The number of hydrogen-bond acceptors (Lipinski definition) is 13. The van der Waals surface area contributed by atoms with E-state index in [1.54, 1.807) is 23.5 Å². The fraction of sp³-hybridized carbons (Fsp3) is 0.500. The van der Waals surface area contributed by atoms with Crippen LogP contribution in [0.2, 0.25) is 0 Å². The maximum Gasteiger partial charge on any atom is 0.246 e. The molecule has 7 heterocycles. The largest absolute Gasteiger partial charge is 0.507 e. The normalized spacial score (nSPS) is 24.8. The number of aromatic amines is 1. The van der Waals surface area contributed by atoms with Gasteiger partial charge in [-0.05, 0) is 123 Å². The third-order valence-corrected chi connectivity index (χ3v) is 17.7. The molecule has 73 heavy (non-hydrogen) atoms. The van der Waals surface area contributed by atoms with Crippen molar-refractivity contribution in [3.05, 3.63) is 101 Å². The number of carbonyl (C=O) groups is 3. The van der Waals surface area contributed by atoms with E-state index in [0.717, 1.165) is 96.1 Å². The van der Waals surface area contributed by atoms with Gasteiger partial charge in [-0.2, -0.15) is 0 Å². The molecule has 2 aromatic carbocycles. The van der Waals surface area contributed by atoms with Crippen molar-refractivity contribution < 1.29 is 24.6 Å². The van der Waals surface area contributed by atoms with Crippen LogP contribution in [-0.2, 0) is 27.3 Å². The molecule has 382 valence electrons. The number of thiazole rings is 1. The van der Waals surface area contributed by atoms with E-state index in [0.29, 0.717) is 41.6 Å². The number of nitrogens with zero attached hydrogens (tertiary/aromatic N) is 8. The molecule has 6 aromatic rings. The van der Waals surface area contributed by atoms with Crippen LogP contribution in [0, 0.1) is 23.7 Å². The molecule has 2 aliphatic carbocycles. The molecular formula is C56H67N11O5S. The SMILES string of the molecule is Cc1ncsc1-c1ccc(CNC(=O)[C@@H]2C[C@@H](O)CN2C(=O)[C@@H](NC(=O)C[C@H]2CC3(C2)C[C@H](N2CCC(c4cnc(N5CCc6[nH]c7nnc(-c8ccccc8O)cc7c6[C@H]5C)nc4)CC2)C3)C(C)(C)C)cc1. The number of fused-ring (bicyclic) bond motifs is 3. The smallest absolute Gasteiger partial charge is 0.246 e. The summed E-state index contributed by atoms with van der Waals surface area (Å²) in [6, 6.07) is 16.1. The minimum Gasteiger partial charge on any atom is -0.507 e. The van der Waals surface area contributed by atoms with E-state index in [1.807, 2.05) is 88.1 Å². The van der Waals surface area contributed by atoms with Crippen LogP contribution in [0.15, 0.2) is 72.5 Å². The van der Waals surface area contributed by atoms with E-state index in [1.165, 1.54) is 28.9 Å². The van der Waals surface area contributed by atoms with Crippen LogP contribution < -0.4 is 15.5 Å². The number of β-amino-alcohol motifs (C(OH)–C–C–N with tert-alkyl or cyclic N) is 1. The minimum atomic E-state index is -0.838. The van der Waals surface area contributed by atoms with Crippen LogP contribution in [0.1, 0.15) is 119 Å². The molecule has 3 amide bonds. The number of benzene rings is 2. The summed E-state index contributed by atoms with van der Waals surface area (Å²) in [7, 11) is 0. The molecule has 5 N–H and O–H groups in total. The Morgan fingerprint density at radius 1 is 0.959 bits per heavy atom. The number of anilines is 1. The number of phenols is 1. The lowest BCUT2D eigenvalue weighted by Crippen LogP contribution is -2.59. The monoisotopic (exact) mass is 1010 g/mol. The summed E-state index contributed by atoms with van der Waals surface area (Å²) >= 11 is 1.59. The second kappa shape index (κ2) is 19.5. The summed E-state index contributed by atoms with van der Waals surface area (Å²) in [6.07, 6.45) is 11.1. The Hall–Kier alpha value is -6.30. The zero-order chi connectivity index (χ0) is 50.8. The predicted molar refractivity (Wildman–Crippen MR) is 280 cm³/mol. The van der Waals surface area contributed by atoms with Crippen molar-refractivity contribution in [2.45, 2.75) is 135 Å². The first-order valence-electron chi connectivity index (χ1n) is 26.1. The fourth-order valence-electron chi connectivity index (χ4n) is 12.8. The number of aromatic hydroxyl groups is 1. The lowest BCUT2D eigenvalue weighted by Gasteiger charge is -2.60. The average Bonchev–Trinajstić information content (AvgIpc) is 4.09. The number of piperidine rings is 1. The molecule has 16 nitrogen and oxygen atoms in total.